The fraction of sp³-hybridized carbons (Fsp3) is 0.333. The van der Waals surface area contributed by atoms with E-state index < -0.39 is 0 Å². The van der Waals surface area contributed by atoms with Gasteiger partial charge in [0.15, 0.2) is 0 Å². The summed E-state index contributed by atoms with van der Waals surface area (Å²) in [6.45, 7) is 6.36. The van der Waals surface area contributed by atoms with Gasteiger partial charge in [0.1, 0.15) is 11.5 Å². The second-order valence-corrected chi connectivity index (χ2v) is 5.69. The zero-order chi connectivity index (χ0) is 17.5. The Balaban J connectivity index is 1.67. The third-order valence-corrected chi connectivity index (χ3v) is 3.55. The Morgan fingerprint density at radius 2 is 1.67 bits per heavy atom. The number of aryl methyl sites for hydroxylation is 2. The highest BCUT2D eigenvalue weighted by molar-refractivity contribution is 5.94. The minimum atomic E-state index is -0.305. The van der Waals surface area contributed by atoms with Crippen LogP contribution in [-0.4, -0.2) is 25.0 Å². The SMILES string of the molecule is Cc1ccc(C(=O)NCCNC(=O)N[C@H](C)c2ccc(C)o2)cc1. The molecule has 6 heteroatoms. The highest BCUT2D eigenvalue weighted by Crippen LogP contribution is 2.15. The summed E-state index contributed by atoms with van der Waals surface area (Å²) in [7, 11) is 0. The molecule has 0 spiro atoms. The fourth-order valence-corrected chi connectivity index (χ4v) is 2.16. The Labute approximate surface area is 141 Å². The third-order valence-electron chi connectivity index (χ3n) is 3.55. The summed E-state index contributed by atoms with van der Waals surface area (Å²) in [5, 5.41) is 8.24. The maximum Gasteiger partial charge on any atom is 0.315 e. The van der Waals surface area contributed by atoms with Crippen LogP contribution in [0.4, 0.5) is 4.79 Å². The Kier molecular flexibility index (Phi) is 6.01. The van der Waals surface area contributed by atoms with E-state index in [-0.39, 0.29) is 18.0 Å². The molecule has 2 aromatic rings. The number of urea groups is 1. The van der Waals surface area contributed by atoms with Crippen LogP contribution in [0, 0.1) is 13.8 Å². The van der Waals surface area contributed by atoms with Crippen molar-refractivity contribution >= 4 is 11.9 Å². The van der Waals surface area contributed by atoms with Crippen molar-refractivity contribution in [1.82, 2.24) is 16.0 Å². The molecular weight excluding hydrogens is 306 g/mol. The Hall–Kier alpha value is -2.76. The molecule has 6 nitrogen and oxygen atoms in total. The standard InChI is InChI=1S/C18H23N3O3/c1-12-4-7-15(8-5-12)17(22)19-10-11-20-18(23)21-14(3)16-9-6-13(2)24-16/h4-9,14H,10-11H2,1-3H3,(H,19,22)(H2,20,21,23)/t14-/m1/s1. The molecule has 3 N–H and O–H groups in total. The third kappa shape index (κ3) is 5.15. The molecule has 0 aliphatic carbocycles. The summed E-state index contributed by atoms with van der Waals surface area (Å²) in [6.07, 6.45) is 0. The lowest BCUT2D eigenvalue weighted by molar-refractivity contribution is 0.0954. The van der Waals surface area contributed by atoms with E-state index in [1.807, 2.05) is 45.0 Å². The monoisotopic (exact) mass is 329 g/mol. The number of amides is 3. The van der Waals surface area contributed by atoms with E-state index in [0.717, 1.165) is 11.3 Å². The molecule has 24 heavy (non-hydrogen) atoms. The number of hydrogen-bond donors (Lipinski definition) is 3. The summed E-state index contributed by atoms with van der Waals surface area (Å²) >= 11 is 0. The number of nitrogens with one attached hydrogen (secondary N) is 3. The summed E-state index contributed by atoms with van der Waals surface area (Å²) in [5.41, 5.74) is 1.71. The molecule has 0 aliphatic heterocycles. The summed E-state index contributed by atoms with van der Waals surface area (Å²) in [5.74, 6) is 1.35. The summed E-state index contributed by atoms with van der Waals surface area (Å²) in [6, 6.07) is 10.5. The lowest BCUT2D eigenvalue weighted by Crippen LogP contribution is -2.41. The van der Waals surface area contributed by atoms with E-state index in [1.54, 1.807) is 12.1 Å². The Bertz CT molecular complexity index is 692. The molecule has 1 heterocycles. The quantitative estimate of drug-likeness (QED) is 0.713. The highest BCUT2D eigenvalue weighted by atomic mass is 16.3. The van der Waals surface area contributed by atoms with E-state index >= 15 is 0 Å². The Morgan fingerprint density at radius 1 is 1.00 bits per heavy atom. The van der Waals surface area contributed by atoms with Gasteiger partial charge in [0.05, 0.1) is 6.04 Å². The van der Waals surface area contributed by atoms with Crippen molar-refractivity contribution in [1.29, 1.82) is 0 Å². The number of carbonyl (C=O) groups is 2. The molecule has 1 aromatic heterocycles. The Morgan fingerprint density at radius 3 is 2.29 bits per heavy atom. The van der Waals surface area contributed by atoms with Gasteiger partial charge in [0, 0.05) is 18.7 Å². The highest BCUT2D eigenvalue weighted by Gasteiger charge is 2.12. The molecule has 0 aliphatic rings. The summed E-state index contributed by atoms with van der Waals surface area (Å²) < 4.78 is 5.46. The zero-order valence-electron chi connectivity index (χ0n) is 14.2. The van der Waals surface area contributed by atoms with E-state index in [2.05, 4.69) is 16.0 Å². The van der Waals surface area contributed by atoms with Crippen molar-refractivity contribution in [2.75, 3.05) is 13.1 Å². The predicted octanol–water partition coefficient (Wildman–Crippen LogP) is 2.69. The van der Waals surface area contributed by atoms with Crippen LogP contribution in [0.15, 0.2) is 40.8 Å². The fourth-order valence-electron chi connectivity index (χ4n) is 2.16. The topological polar surface area (TPSA) is 83.4 Å². The van der Waals surface area contributed by atoms with Crippen molar-refractivity contribution in [3.8, 4) is 0 Å². The smallest absolute Gasteiger partial charge is 0.315 e. The average Bonchev–Trinajstić information content (AvgIpc) is 2.98. The van der Waals surface area contributed by atoms with Crippen LogP contribution in [0.25, 0.3) is 0 Å². The molecule has 3 amide bonds. The second-order valence-electron chi connectivity index (χ2n) is 5.69. The minimum absolute atomic E-state index is 0.156. The van der Waals surface area contributed by atoms with Crippen molar-refractivity contribution in [2.45, 2.75) is 26.8 Å². The number of carbonyl (C=O) groups excluding carboxylic acids is 2. The number of hydrogen-bond acceptors (Lipinski definition) is 3. The maximum atomic E-state index is 11.9. The van der Waals surface area contributed by atoms with Gasteiger partial charge in [-0.2, -0.15) is 0 Å². The van der Waals surface area contributed by atoms with E-state index in [1.165, 1.54) is 0 Å². The first-order valence-corrected chi connectivity index (χ1v) is 7.91. The normalized spacial score (nSPS) is 11.6. The first-order chi connectivity index (χ1) is 11.5. The van der Waals surface area contributed by atoms with Crippen LogP contribution in [0.3, 0.4) is 0 Å². The molecule has 0 bridgehead atoms. The number of rotatable bonds is 6. The lowest BCUT2D eigenvalue weighted by atomic mass is 10.1. The van der Waals surface area contributed by atoms with E-state index in [9.17, 15) is 9.59 Å². The molecular formula is C18H23N3O3. The van der Waals surface area contributed by atoms with Gasteiger partial charge in [0.25, 0.3) is 5.91 Å². The molecule has 1 atom stereocenters. The minimum Gasteiger partial charge on any atom is -0.464 e. The second kappa shape index (κ2) is 8.19. The van der Waals surface area contributed by atoms with Gasteiger partial charge in [-0.15, -0.1) is 0 Å². The lowest BCUT2D eigenvalue weighted by Gasteiger charge is -2.13. The van der Waals surface area contributed by atoms with Crippen molar-refractivity contribution in [2.24, 2.45) is 0 Å². The van der Waals surface area contributed by atoms with Crippen molar-refractivity contribution in [3.05, 3.63) is 59.0 Å². The van der Waals surface area contributed by atoms with Crippen LogP contribution < -0.4 is 16.0 Å². The molecule has 0 unspecified atom stereocenters. The number of furan rings is 1. The van der Waals surface area contributed by atoms with Gasteiger partial charge in [-0.1, -0.05) is 17.7 Å². The van der Waals surface area contributed by atoms with Gasteiger partial charge in [-0.25, -0.2) is 4.79 Å². The van der Waals surface area contributed by atoms with Gasteiger partial charge >= 0.3 is 6.03 Å². The average molecular weight is 329 g/mol. The molecule has 1 aromatic carbocycles. The first kappa shape index (κ1) is 17.6. The van der Waals surface area contributed by atoms with Crippen molar-refractivity contribution in [3.63, 3.8) is 0 Å². The van der Waals surface area contributed by atoms with Crippen LogP contribution in [0.5, 0.6) is 0 Å². The molecule has 0 radical (unpaired) electrons. The van der Waals surface area contributed by atoms with Gasteiger partial charge in [0.2, 0.25) is 0 Å². The van der Waals surface area contributed by atoms with Gasteiger partial charge in [-0.3, -0.25) is 4.79 Å². The molecule has 2 rings (SSSR count). The predicted molar refractivity (Wildman–Crippen MR) is 91.9 cm³/mol. The first-order valence-electron chi connectivity index (χ1n) is 7.91. The van der Waals surface area contributed by atoms with Crippen molar-refractivity contribution < 1.29 is 14.0 Å². The molecule has 0 saturated heterocycles. The van der Waals surface area contributed by atoms with Crippen LogP contribution in [-0.2, 0) is 0 Å². The maximum absolute atomic E-state index is 11.9. The largest absolute Gasteiger partial charge is 0.464 e. The molecule has 0 saturated carbocycles. The van der Waals surface area contributed by atoms with E-state index in [0.29, 0.717) is 24.4 Å². The van der Waals surface area contributed by atoms with Gasteiger partial charge in [-0.05, 0) is 45.0 Å². The molecule has 0 fully saturated rings. The number of benzene rings is 1. The van der Waals surface area contributed by atoms with Gasteiger partial charge < -0.3 is 20.4 Å². The van der Waals surface area contributed by atoms with E-state index in [4.69, 9.17) is 4.42 Å². The van der Waals surface area contributed by atoms with Crippen LogP contribution in [0.1, 0.15) is 40.4 Å². The summed E-state index contributed by atoms with van der Waals surface area (Å²) in [4.78, 5) is 23.7. The molecule has 128 valence electrons. The zero-order valence-corrected chi connectivity index (χ0v) is 14.2. The van der Waals surface area contributed by atoms with Crippen LogP contribution in [0.2, 0.25) is 0 Å². The van der Waals surface area contributed by atoms with Crippen LogP contribution >= 0.6 is 0 Å².